The second kappa shape index (κ2) is 8.19. The number of carbonyl (C=O) groups excluding carboxylic acids is 1. The second-order valence-electron chi connectivity index (χ2n) is 5.80. The maximum absolute atomic E-state index is 12.9. The lowest BCUT2D eigenvalue weighted by atomic mass is 10.4. The summed E-state index contributed by atoms with van der Waals surface area (Å²) in [6.45, 7) is 1.46. The van der Waals surface area contributed by atoms with Crippen molar-refractivity contribution in [2.24, 2.45) is 0 Å². The van der Waals surface area contributed by atoms with Crippen LogP contribution in [0, 0.1) is 5.82 Å². The molecule has 0 atom stereocenters. The molecule has 0 aliphatic carbocycles. The SMILES string of the molecule is O=C(CSc1ccc(F)cc1)N1CCCN(S(=O)(=O)c2cnc[nH]2)CC1. The van der Waals surface area contributed by atoms with E-state index in [-0.39, 0.29) is 29.0 Å². The highest BCUT2D eigenvalue weighted by Crippen LogP contribution is 2.20. The Morgan fingerprint density at radius 3 is 2.65 bits per heavy atom. The van der Waals surface area contributed by atoms with Crippen molar-refractivity contribution in [3.8, 4) is 0 Å². The molecule has 1 aromatic carbocycles. The fraction of sp³-hybridized carbons (Fsp3) is 0.375. The highest BCUT2D eigenvalue weighted by atomic mass is 32.2. The lowest BCUT2D eigenvalue weighted by Crippen LogP contribution is -2.38. The average molecular weight is 398 g/mol. The van der Waals surface area contributed by atoms with Gasteiger partial charge in [0.05, 0.1) is 18.3 Å². The molecule has 2 heterocycles. The molecule has 1 aliphatic rings. The summed E-state index contributed by atoms with van der Waals surface area (Å²) in [5.74, 6) is -0.134. The van der Waals surface area contributed by atoms with Crippen LogP contribution < -0.4 is 0 Å². The number of nitrogens with one attached hydrogen (secondary N) is 1. The molecule has 3 rings (SSSR count). The van der Waals surface area contributed by atoms with Crippen LogP contribution >= 0.6 is 11.8 Å². The van der Waals surface area contributed by atoms with Crippen LogP contribution in [0.1, 0.15) is 6.42 Å². The summed E-state index contributed by atoms with van der Waals surface area (Å²) in [5.41, 5.74) is 0. The molecule has 1 fully saturated rings. The van der Waals surface area contributed by atoms with Crippen molar-refractivity contribution in [1.29, 1.82) is 0 Å². The number of sulfonamides is 1. The molecule has 0 spiro atoms. The van der Waals surface area contributed by atoms with E-state index in [1.807, 2.05) is 0 Å². The van der Waals surface area contributed by atoms with Crippen LogP contribution in [0.3, 0.4) is 0 Å². The van der Waals surface area contributed by atoms with Crippen molar-refractivity contribution in [1.82, 2.24) is 19.2 Å². The van der Waals surface area contributed by atoms with Gasteiger partial charge in [-0.1, -0.05) is 0 Å². The Kier molecular flexibility index (Phi) is 5.94. The van der Waals surface area contributed by atoms with Crippen LogP contribution in [0.25, 0.3) is 0 Å². The average Bonchev–Trinajstić information content (AvgIpc) is 3.06. The smallest absolute Gasteiger partial charge is 0.260 e. The highest BCUT2D eigenvalue weighted by molar-refractivity contribution is 8.00. The molecule has 140 valence electrons. The fourth-order valence-corrected chi connectivity index (χ4v) is 4.84. The maximum Gasteiger partial charge on any atom is 0.260 e. The Bertz CT molecular complexity index is 841. The Balaban J connectivity index is 1.56. The van der Waals surface area contributed by atoms with Crippen LogP contribution in [0.2, 0.25) is 0 Å². The van der Waals surface area contributed by atoms with Crippen LogP contribution in [0.15, 0.2) is 46.7 Å². The van der Waals surface area contributed by atoms with Crippen molar-refractivity contribution < 1.29 is 17.6 Å². The highest BCUT2D eigenvalue weighted by Gasteiger charge is 2.29. The molecule has 0 radical (unpaired) electrons. The zero-order valence-corrected chi connectivity index (χ0v) is 15.6. The lowest BCUT2D eigenvalue weighted by Gasteiger charge is -2.21. The van der Waals surface area contributed by atoms with E-state index >= 15 is 0 Å². The summed E-state index contributed by atoms with van der Waals surface area (Å²) in [5, 5.41) is 0.0594. The normalized spacial score (nSPS) is 16.4. The number of aromatic nitrogens is 2. The van der Waals surface area contributed by atoms with Gasteiger partial charge in [-0.3, -0.25) is 4.79 Å². The van der Waals surface area contributed by atoms with E-state index in [0.717, 1.165) is 4.90 Å². The number of imidazole rings is 1. The van der Waals surface area contributed by atoms with Crippen molar-refractivity contribution >= 4 is 27.7 Å². The van der Waals surface area contributed by atoms with Gasteiger partial charge in [0.15, 0.2) is 5.03 Å². The third-order valence-corrected chi connectivity index (χ3v) is 6.90. The van der Waals surface area contributed by atoms with Crippen molar-refractivity contribution in [2.75, 3.05) is 31.9 Å². The minimum absolute atomic E-state index is 0.0555. The maximum atomic E-state index is 12.9. The van der Waals surface area contributed by atoms with Gasteiger partial charge < -0.3 is 9.88 Å². The van der Waals surface area contributed by atoms with Crippen LogP contribution in [0.4, 0.5) is 4.39 Å². The van der Waals surface area contributed by atoms with E-state index in [0.29, 0.717) is 26.1 Å². The number of hydrogen-bond acceptors (Lipinski definition) is 5. The summed E-state index contributed by atoms with van der Waals surface area (Å²) >= 11 is 1.34. The number of amides is 1. The number of aromatic amines is 1. The van der Waals surface area contributed by atoms with Gasteiger partial charge in [-0.2, -0.15) is 4.31 Å². The first-order valence-corrected chi connectivity index (χ1v) is 10.5. The number of H-pyrrole nitrogens is 1. The number of carbonyl (C=O) groups is 1. The predicted octanol–water partition coefficient (Wildman–Crippen LogP) is 1.56. The van der Waals surface area contributed by atoms with E-state index < -0.39 is 10.0 Å². The quantitative estimate of drug-likeness (QED) is 0.773. The van der Waals surface area contributed by atoms with Gasteiger partial charge in [-0.05, 0) is 30.7 Å². The van der Waals surface area contributed by atoms with Crippen LogP contribution in [-0.4, -0.2) is 65.4 Å². The molecule has 7 nitrogen and oxygen atoms in total. The van der Waals surface area contributed by atoms with Crippen LogP contribution in [-0.2, 0) is 14.8 Å². The third kappa shape index (κ3) is 4.43. The van der Waals surface area contributed by atoms with Gasteiger partial charge in [0.2, 0.25) is 5.91 Å². The zero-order chi connectivity index (χ0) is 18.6. The molecule has 1 N–H and O–H groups in total. The van der Waals surface area contributed by atoms with Crippen molar-refractivity contribution in [2.45, 2.75) is 16.3 Å². The summed E-state index contributed by atoms with van der Waals surface area (Å²) in [6.07, 6.45) is 3.18. The molecule has 0 unspecified atom stereocenters. The Hall–Kier alpha value is -1.91. The Morgan fingerprint density at radius 1 is 1.19 bits per heavy atom. The van der Waals surface area contributed by atoms with E-state index in [2.05, 4.69) is 9.97 Å². The number of halogens is 1. The first kappa shape index (κ1) is 18.9. The Morgan fingerprint density at radius 2 is 1.96 bits per heavy atom. The van der Waals surface area contributed by atoms with E-state index in [4.69, 9.17) is 0 Å². The number of thioether (sulfide) groups is 1. The molecule has 26 heavy (non-hydrogen) atoms. The number of benzene rings is 1. The first-order chi connectivity index (χ1) is 12.5. The first-order valence-electron chi connectivity index (χ1n) is 8.11. The molecule has 1 amide bonds. The second-order valence-corrected chi connectivity index (χ2v) is 8.75. The van der Waals surface area contributed by atoms with Crippen molar-refractivity contribution in [3.05, 3.63) is 42.6 Å². The molecule has 0 bridgehead atoms. The molecule has 1 aliphatic heterocycles. The molecule has 0 saturated carbocycles. The van der Waals surface area contributed by atoms with E-state index in [1.54, 1.807) is 17.0 Å². The largest absolute Gasteiger partial charge is 0.341 e. The van der Waals surface area contributed by atoms with Gasteiger partial charge in [0.25, 0.3) is 10.0 Å². The summed E-state index contributed by atoms with van der Waals surface area (Å²) in [6, 6.07) is 5.98. The molecule has 2 aromatic rings. The number of nitrogens with zero attached hydrogens (tertiary/aromatic N) is 3. The van der Waals surface area contributed by atoms with Gasteiger partial charge in [0.1, 0.15) is 5.82 Å². The molecule has 1 aromatic heterocycles. The van der Waals surface area contributed by atoms with Gasteiger partial charge in [0, 0.05) is 31.1 Å². The molecular weight excluding hydrogens is 379 g/mol. The van der Waals surface area contributed by atoms with Gasteiger partial charge >= 0.3 is 0 Å². The molecular formula is C16H19FN4O3S2. The fourth-order valence-electron chi connectivity index (χ4n) is 2.67. The van der Waals surface area contributed by atoms with Gasteiger partial charge in [-0.25, -0.2) is 17.8 Å². The topological polar surface area (TPSA) is 86.4 Å². The minimum atomic E-state index is -3.61. The Labute approximate surface area is 155 Å². The minimum Gasteiger partial charge on any atom is -0.341 e. The molecule has 10 heteroatoms. The number of hydrogen-bond donors (Lipinski definition) is 1. The van der Waals surface area contributed by atoms with Crippen molar-refractivity contribution in [3.63, 3.8) is 0 Å². The van der Waals surface area contributed by atoms with E-state index in [9.17, 15) is 17.6 Å². The molecule has 1 saturated heterocycles. The number of rotatable bonds is 5. The standard InChI is InChI=1S/C16H19FN4O3S2/c17-13-2-4-14(5-3-13)25-11-16(22)20-6-1-7-21(9-8-20)26(23,24)15-10-18-12-19-15/h2-5,10,12H,1,6-9,11H2,(H,18,19). The van der Waals surface area contributed by atoms with Gasteiger partial charge in [-0.15, -0.1) is 11.8 Å². The third-order valence-electron chi connectivity index (χ3n) is 4.07. The van der Waals surface area contributed by atoms with E-state index in [1.165, 1.54) is 40.7 Å². The van der Waals surface area contributed by atoms with Crippen LogP contribution in [0.5, 0.6) is 0 Å². The monoisotopic (exact) mass is 398 g/mol. The summed E-state index contributed by atoms with van der Waals surface area (Å²) in [4.78, 5) is 21.3. The summed E-state index contributed by atoms with van der Waals surface area (Å²) < 4.78 is 39.4. The summed E-state index contributed by atoms with van der Waals surface area (Å²) in [7, 11) is -3.61. The predicted molar refractivity (Wildman–Crippen MR) is 95.7 cm³/mol. The lowest BCUT2D eigenvalue weighted by molar-refractivity contribution is -0.128. The zero-order valence-electron chi connectivity index (χ0n) is 14.0.